The molecule has 5 nitrogen and oxygen atoms in total. The van der Waals surface area contributed by atoms with Gasteiger partial charge in [0.15, 0.2) is 11.5 Å². The lowest BCUT2D eigenvalue weighted by Gasteiger charge is -2.16. The molecule has 128 valence electrons. The highest BCUT2D eigenvalue weighted by molar-refractivity contribution is 6.16. The minimum Gasteiger partial charge on any atom is -0.493 e. The summed E-state index contributed by atoms with van der Waals surface area (Å²) in [5.74, 6) is 1.44. The Hall–Kier alpha value is -3.21. The van der Waals surface area contributed by atoms with Crippen LogP contribution in [0.25, 0.3) is 10.8 Å². The van der Waals surface area contributed by atoms with Gasteiger partial charge in [0.25, 0.3) is 0 Å². The first-order chi connectivity index (χ1) is 12.2. The first-order valence-corrected chi connectivity index (χ1v) is 7.74. The van der Waals surface area contributed by atoms with Crippen molar-refractivity contribution in [3.8, 4) is 17.2 Å². The van der Waals surface area contributed by atoms with E-state index in [4.69, 9.17) is 14.2 Å². The summed E-state index contributed by atoms with van der Waals surface area (Å²) in [6.07, 6.45) is 0. The molecule has 25 heavy (non-hydrogen) atoms. The van der Waals surface area contributed by atoms with Gasteiger partial charge in [0.05, 0.1) is 26.9 Å². The maximum Gasteiger partial charge on any atom is 0.203 e. The molecule has 3 rings (SSSR count). The molecule has 3 aromatic carbocycles. The molecule has 0 atom stereocenters. The van der Waals surface area contributed by atoms with E-state index in [1.807, 2.05) is 42.5 Å². The fourth-order valence-electron chi connectivity index (χ4n) is 2.89. The Morgan fingerprint density at radius 1 is 0.800 bits per heavy atom. The number of nitrogens with zero attached hydrogens (tertiary/aromatic N) is 1. The molecule has 0 aliphatic carbocycles. The van der Waals surface area contributed by atoms with Crippen molar-refractivity contribution >= 4 is 16.5 Å². The molecule has 0 bridgehead atoms. The lowest BCUT2D eigenvalue weighted by Crippen LogP contribution is -2.07. The van der Waals surface area contributed by atoms with Crippen molar-refractivity contribution in [2.45, 2.75) is 0 Å². The van der Waals surface area contributed by atoms with Crippen molar-refractivity contribution in [1.82, 2.24) is 0 Å². The predicted octanol–water partition coefficient (Wildman–Crippen LogP) is 4.09. The molecular weight excluding hydrogens is 318 g/mol. The largest absolute Gasteiger partial charge is 0.493 e. The normalized spacial score (nSPS) is 11.4. The Kier molecular flexibility index (Phi) is 4.75. The summed E-state index contributed by atoms with van der Waals surface area (Å²) in [6, 6.07) is 17.4. The van der Waals surface area contributed by atoms with Crippen LogP contribution in [0.2, 0.25) is 0 Å². The molecule has 0 radical (unpaired) electrons. The van der Waals surface area contributed by atoms with Crippen LogP contribution in [0, 0.1) is 0 Å². The van der Waals surface area contributed by atoms with Gasteiger partial charge in [-0.3, -0.25) is 0 Å². The van der Waals surface area contributed by atoms with Gasteiger partial charge < -0.3 is 19.4 Å². The summed E-state index contributed by atoms with van der Waals surface area (Å²) < 4.78 is 16.2. The van der Waals surface area contributed by atoms with Crippen LogP contribution < -0.4 is 14.2 Å². The van der Waals surface area contributed by atoms with Gasteiger partial charge in [-0.15, -0.1) is 0 Å². The average molecular weight is 337 g/mol. The highest BCUT2D eigenvalue weighted by Crippen LogP contribution is 2.40. The first kappa shape index (κ1) is 16.6. The number of fused-ring (bicyclic) bond motifs is 1. The minimum atomic E-state index is 0.392. The van der Waals surface area contributed by atoms with E-state index in [9.17, 15) is 5.21 Å². The molecule has 0 amide bonds. The molecule has 0 saturated heterocycles. The van der Waals surface area contributed by atoms with E-state index in [1.54, 1.807) is 19.2 Å². The Balaban J connectivity index is 2.18. The molecule has 0 fully saturated rings. The van der Waals surface area contributed by atoms with Gasteiger partial charge >= 0.3 is 0 Å². The number of hydrogen-bond acceptors (Lipinski definition) is 5. The van der Waals surface area contributed by atoms with E-state index in [1.165, 1.54) is 14.2 Å². The van der Waals surface area contributed by atoms with Gasteiger partial charge in [0.2, 0.25) is 5.75 Å². The van der Waals surface area contributed by atoms with Crippen molar-refractivity contribution < 1.29 is 19.4 Å². The quantitative estimate of drug-likeness (QED) is 0.433. The van der Waals surface area contributed by atoms with Gasteiger partial charge in [0, 0.05) is 5.56 Å². The molecule has 5 heteroatoms. The van der Waals surface area contributed by atoms with Crippen molar-refractivity contribution in [3.63, 3.8) is 0 Å². The number of ether oxygens (including phenoxy) is 3. The van der Waals surface area contributed by atoms with E-state index in [0.717, 1.165) is 16.3 Å². The van der Waals surface area contributed by atoms with Crippen LogP contribution in [0.1, 0.15) is 11.1 Å². The van der Waals surface area contributed by atoms with Crippen LogP contribution in [-0.2, 0) is 0 Å². The third kappa shape index (κ3) is 2.96. The summed E-state index contributed by atoms with van der Waals surface area (Å²) in [6.45, 7) is 0. The van der Waals surface area contributed by atoms with Crippen LogP contribution in [0.4, 0.5) is 0 Å². The Morgan fingerprint density at radius 2 is 1.52 bits per heavy atom. The summed E-state index contributed by atoms with van der Waals surface area (Å²) in [5, 5.41) is 15.4. The van der Waals surface area contributed by atoms with Gasteiger partial charge in [-0.2, -0.15) is 0 Å². The standard InChI is InChI=1S/C20H19NO4/c1-23-17-11-10-16(19(24-2)20(17)25-3)18(21-22)15-9-8-13-6-4-5-7-14(13)12-15/h4-12,22H,1-3H3/b21-18+. The molecule has 3 aromatic rings. The second-order valence-corrected chi connectivity index (χ2v) is 5.39. The van der Waals surface area contributed by atoms with Crippen LogP contribution in [-0.4, -0.2) is 32.2 Å². The van der Waals surface area contributed by atoms with Crippen molar-refractivity contribution in [2.75, 3.05) is 21.3 Å². The molecule has 0 aromatic heterocycles. The van der Waals surface area contributed by atoms with Crippen molar-refractivity contribution in [3.05, 3.63) is 65.7 Å². The lowest BCUT2D eigenvalue weighted by atomic mass is 9.98. The Morgan fingerprint density at radius 3 is 2.16 bits per heavy atom. The van der Waals surface area contributed by atoms with E-state index in [0.29, 0.717) is 28.5 Å². The van der Waals surface area contributed by atoms with Gasteiger partial charge in [-0.25, -0.2) is 0 Å². The second kappa shape index (κ2) is 7.13. The highest BCUT2D eigenvalue weighted by atomic mass is 16.5. The Bertz CT molecular complexity index is 934. The van der Waals surface area contributed by atoms with Crippen LogP contribution >= 0.6 is 0 Å². The third-order valence-electron chi connectivity index (χ3n) is 4.08. The van der Waals surface area contributed by atoms with Crippen LogP contribution in [0.15, 0.2) is 59.8 Å². The van der Waals surface area contributed by atoms with Crippen LogP contribution in [0.5, 0.6) is 17.2 Å². The van der Waals surface area contributed by atoms with Crippen molar-refractivity contribution in [2.24, 2.45) is 5.16 Å². The van der Waals surface area contributed by atoms with E-state index in [-0.39, 0.29) is 0 Å². The molecule has 0 unspecified atom stereocenters. The summed E-state index contributed by atoms with van der Waals surface area (Å²) in [4.78, 5) is 0. The zero-order valence-corrected chi connectivity index (χ0v) is 14.3. The number of hydrogen-bond donors (Lipinski definition) is 1. The number of methoxy groups -OCH3 is 3. The summed E-state index contributed by atoms with van der Waals surface area (Å²) in [7, 11) is 4.63. The van der Waals surface area contributed by atoms with Gasteiger partial charge in [0.1, 0.15) is 5.71 Å². The average Bonchev–Trinajstić information content (AvgIpc) is 2.67. The zero-order valence-electron chi connectivity index (χ0n) is 14.3. The fraction of sp³-hybridized carbons (Fsp3) is 0.150. The molecule has 0 spiro atoms. The summed E-state index contributed by atoms with van der Waals surface area (Å²) >= 11 is 0. The second-order valence-electron chi connectivity index (χ2n) is 5.39. The number of oxime groups is 1. The smallest absolute Gasteiger partial charge is 0.203 e. The van der Waals surface area contributed by atoms with Crippen LogP contribution in [0.3, 0.4) is 0 Å². The number of rotatable bonds is 5. The van der Waals surface area contributed by atoms with Gasteiger partial charge in [-0.1, -0.05) is 41.6 Å². The maximum atomic E-state index is 9.68. The Labute approximate surface area is 146 Å². The van der Waals surface area contributed by atoms with Gasteiger partial charge in [-0.05, 0) is 29.0 Å². The van der Waals surface area contributed by atoms with E-state index >= 15 is 0 Å². The molecule has 1 N–H and O–H groups in total. The topological polar surface area (TPSA) is 60.3 Å². The highest BCUT2D eigenvalue weighted by Gasteiger charge is 2.21. The SMILES string of the molecule is COc1ccc(/C(=N/O)c2ccc3ccccc3c2)c(OC)c1OC. The molecule has 0 aliphatic rings. The molecule has 0 heterocycles. The molecule has 0 aliphatic heterocycles. The summed E-state index contributed by atoms with van der Waals surface area (Å²) in [5.41, 5.74) is 1.77. The first-order valence-electron chi connectivity index (χ1n) is 7.74. The fourth-order valence-corrected chi connectivity index (χ4v) is 2.89. The van der Waals surface area contributed by atoms with E-state index in [2.05, 4.69) is 5.16 Å². The monoisotopic (exact) mass is 337 g/mol. The number of benzene rings is 3. The predicted molar refractivity (Wildman–Crippen MR) is 97.5 cm³/mol. The lowest BCUT2D eigenvalue weighted by molar-refractivity contribution is 0.316. The van der Waals surface area contributed by atoms with Crippen molar-refractivity contribution in [1.29, 1.82) is 0 Å². The third-order valence-corrected chi connectivity index (χ3v) is 4.08. The molecule has 0 saturated carbocycles. The van der Waals surface area contributed by atoms with E-state index < -0.39 is 0 Å². The molecular formula is C20H19NO4. The zero-order chi connectivity index (χ0) is 17.8. The minimum absolute atomic E-state index is 0.392. The maximum absolute atomic E-state index is 9.68.